The number of hydrogen-bond acceptors (Lipinski definition) is 1. The molecule has 0 N–H and O–H groups in total. The first-order valence-corrected chi connectivity index (χ1v) is 2.20. The zero-order valence-electron chi connectivity index (χ0n) is 4.15. The molecule has 1 aromatic rings. The molecule has 0 unspecified atom stereocenters. The van der Waals surface area contributed by atoms with Crippen molar-refractivity contribution in [3.63, 3.8) is 0 Å². The smallest absolute Gasteiger partial charge is 0.00321 e. The lowest BCUT2D eigenvalue weighted by Crippen LogP contribution is -1.40. The molecule has 0 spiro atoms. The summed E-state index contributed by atoms with van der Waals surface area (Å²) in [6, 6.07) is 7.15. The van der Waals surface area contributed by atoms with Crippen LogP contribution in [0.4, 0.5) is 5.69 Å². The summed E-state index contributed by atoms with van der Waals surface area (Å²) in [5.41, 5.74) is 8.57. The molecule has 0 bridgehead atoms. The van der Waals surface area contributed by atoms with E-state index < -0.39 is 0 Å². The molecule has 0 saturated carbocycles. The third-order valence-corrected chi connectivity index (χ3v) is 0.805. The van der Waals surface area contributed by atoms with Gasteiger partial charge in [-0.1, -0.05) is 10.8 Å². The maximum absolute atomic E-state index is 7.90. The minimum atomic E-state index is 0.674. The van der Waals surface area contributed by atoms with Gasteiger partial charge in [0.1, 0.15) is 0 Å². The SMILES string of the molecule is [N-]=[N+]=Nc1ccc[cH-]1. The van der Waals surface area contributed by atoms with E-state index in [2.05, 4.69) is 10.0 Å². The maximum atomic E-state index is 7.90. The maximum Gasteiger partial charge on any atom is 0.00321 e. The van der Waals surface area contributed by atoms with Gasteiger partial charge >= 0.3 is 0 Å². The van der Waals surface area contributed by atoms with E-state index in [9.17, 15) is 0 Å². The third-order valence-electron chi connectivity index (χ3n) is 0.805. The van der Waals surface area contributed by atoms with E-state index in [1.807, 2.05) is 12.1 Å². The van der Waals surface area contributed by atoms with Crippen molar-refractivity contribution in [2.45, 2.75) is 0 Å². The van der Waals surface area contributed by atoms with Crippen LogP contribution in [0.5, 0.6) is 0 Å². The molecule has 1 aromatic carbocycles. The van der Waals surface area contributed by atoms with Gasteiger partial charge in [-0.25, -0.2) is 12.1 Å². The average molecular weight is 106 g/mol. The zero-order valence-corrected chi connectivity index (χ0v) is 4.15. The Labute approximate surface area is 46.6 Å². The van der Waals surface area contributed by atoms with Crippen molar-refractivity contribution in [3.05, 3.63) is 34.7 Å². The Hall–Kier alpha value is -1.34. The molecule has 0 aliphatic heterocycles. The fourth-order valence-electron chi connectivity index (χ4n) is 0.482. The lowest BCUT2D eigenvalue weighted by Gasteiger charge is -1.80. The highest BCUT2D eigenvalue weighted by molar-refractivity contribution is 5.36. The lowest BCUT2D eigenvalue weighted by molar-refractivity contribution is 1.52. The van der Waals surface area contributed by atoms with E-state index in [0.29, 0.717) is 5.69 Å². The van der Waals surface area contributed by atoms with Crippen LogP contribution in [0.1, 0.15) is 0 Å². The molecule has 0 aliphatic rings. The number of rotatable bonds is 1. The van der Waals surface area contributed by atoms with Crippen molar-refractivity contribution >= 4 is 5.69 Å². The van der Waals surface area contributed by atoms with Crippen molar-refractivity contribution in [2.75, 3.05) is 0 Å². The van der Waals surface area contributed by atoms with E-state index in [0.717, 1.165) is 0 Å². The summed E-state index contributed by atoms with van der Waals surface area (Å²) >= 11 is 0. The summed E-state index contributed by atoms with van der Waals surface area (Å²) in [4.78, 5) is 2.60. The number of nitrogens with zero attached hydrogens (tertiary/aromatic N) is 3. The quantitative estimate of drug-likeness (QED) is 0.228. The van der Waals surface area contributed by atoms with Gasteiger partial charge in [-0.05, 0) is 5.53 Å². The monoisotopic (exact) mass is 106 g/mol. The Bertz CT molecular complexity index is 193. The molecule has 0 amide bonds. The fraction of sp³-hybridized carbons (Fsp3) is 0. The van der Waals surface area contributed by atoms with Crippen LogP contribution in [0.2, 0.25) is 0 Å². The minimum Gasteiger partial charge on any atom is -0.213 e. The van der Waals surface area contributed by atoms with Gasteiger partial charge < -0.3 is 0 Å². The second-order valence-corrected chi connectivity index (χ2v) is 1.33. The van der Waals surface area contributed by atoms with Crippen molar-refractivity contribution in [1.82, 2.24) is 0 Å². The molecule has 3 nitrogen and oxygen atoms in total. The van der Waals surface area contributed by atoms with Crippen molar-refractivity contribution in [2.24, 2.45) is 5.11 Å². The van der Waals surface area contributed by atoms with Gasteiger partial charge in [-0.3, -0.25) is 0 Å². The van der Waals surface area contributed by atoms with Crippen LogP contribution in [0.25, 0.3) is 10.4 Å². The van der Waals surface area contributed by atoms with E-state index in [1.54, 1.807) is 12.1 Å². The van der Waals surface area contributed by atoms with Crippen LogP contribution in [0, 0.1) is 0 Å². The molecule has 0 radical (unpaired) electrons. The van der Waals surface area contributed by atoms with Gasteiger partial charge in [-0.2, -0.15) is 12.1 Å². The van der Waals surface area contributed by atoms with Crippen molar-refractivity contribution < 1.29 is 0 Å². The van der Waals surface area contributed by atoms with Crippen LogP contribution < -0.4 is 0 Å². The van der Waals surface area contributed by atoms with Crippen LogP contribution in [0.15, 0.2) is 29.4 Å². The van der Waals surface area contributed by atoms with E-state index >= 15 is 0 Å². The van der Waals surface area contributed by atoms with E-state index in [1.165, 1.54) is 0 Å². The fourth-order valence-corrected chi connectivity index (χ4v) is 0.482. The van der Waals surface area contributed by atoms with E-state index in [-0.39, 0.29) is 0 Å². The second-order valence-electron chi connectivity index (χ2n) is 1.33. The summed E-state index contributed by atoms with van der Waals surface area (Å²) in [6.07, 6.45) is 0. The molecule has 0 heterocycles. The Morgan fingerprint density at radius 2 is 2.62 bits per heavy atom. The van der Waals surface area contributed by atoms with Gasteiger partial charge in [0.25, 0.3) is 0 Å². The van der Waals surface area contributed by atoms with E-state index in [4.69, 9.17) is 5.53 Å². The van der Waals surface area contributed by atoms with Gasteiger partial charge in [-0.15, -0.1) is 0 Å². The van der Waals surface area contributed by atoms with Crippen molar-refractivity contribution in [3.8, 4) is 0 Å². The molecule has 0 aliphatic carbocycles. The summed E-state index contributed by atoms with van der Waals surface area (Å²) in [7, 11) is 0. The van der Waals surface area contributed by atoms with Gasteiger partial charge in [0.15, 0.2) is 0 Å². The highest BCUT2D eigenvalue weighted by Crippen LogP contribution is 2.10. The largest absolute Gasteiger partial charge is 0.213 e. The lowest BCUT2D eigenvalue weighted by atomic mass is 10.6. The summed E-state index contributed by atoms with van der Waals surface area (Å²) in [5.74, 6) is 0. The first kappa shape index (κ1) is 4.81. The first-order chi connectivity index (χ1) is 3.93. The highest BCUT2D eigenvalue weighted by atomic mass is 15.1. The van der Waals surface area contributed by atoms with Crippen molar-refractivity contribution in [1.29, 1.82) is 0 Å². The normalized spacial score (nSPS) is 8.00. The molecule has 0 atom stereocenters. The molecule has 0 fully saturated rings. The predicted octanol–water partition coefficient (Wildman–Crippen LogP) is 2.35. The highest BCUT2D eigenvalue weighted by Gasteiger charge is 1.69. The number of hydrogen-bond donors (Lipinski definition) is 0. The Kier molecular flexibility index (Phi) is 1.26. The second kappa shape index (κ2) is 2.09. The van der Waals surface area contributed by atoms with Crippen LogP contribution >= 0.6 is 0 Å². The molecule has 0 aromatic heterocycles. The summed E-state index contributed by atoms with van der Waals surface area (Å²) in [6.45, 7) is 0. The standard InChI is InChI=1S/C5H4N3/c6-8-7-5-3-1-2-4-5/h1-4H/q-1. The third kappa shape index (κ3) is 0.832. The first-order valence-electron chi connectivity index (χ1n) is 2.20. The molecule has 3 heteroatoms. The predicted molar refractivity (Wildman–Crippen MR) is 30.8 cm³/mol. The molecular formula is C5H4N3-. The molecule has 8 heavy (non-hydrogen) atoms. The topological polar surface area (TPSA) is 48.8 Å². The molecule has 1 rings (SSSR count). The molecular weight excluding hydrogens is 102 g/mol. The average Bonchev–Trinajstić information content (AvgIpc) is 2.19. The number of azide groups is 1. The summed E-state index contributed by atoms with van der Waals surface area (Å²) < 4.78 is 0. The van der Waals surface area contributed by atoms with Crippen LogP contribution in [0.3, 0.4) is 0 Å². The van der Waals surface area contributed by atoms with Gasteiger partial charge in [0.2, 0.25) is 0 Å². The van der Waals surface area contributed by atoms with Crippen LogP contribution in [-0.4, -0.2) is 0 Å². The molecule has 0 saturated heterocycles. The summed E-state index contributed by atoms with van der Waals surface area (Å²) in [5, 5.41) is 3.35. The van der Waals surface area contributed by atoms with Gasteiger partial charge in [0.05, 0.1) is 0 Å². The minimum absolute atomic E-state index is 0.674. The Morgan fingerprint density at radius 3 is 3.12 bits per heavy atom. The van der Waals surface area contributed by atoms with Gasteiger partial charge in [0, 0.05) is 4.91 Å². The Morgan fingerprint density at radius 1 is 1.75 bits per heavy atom. The Balaban J connectivity index is 2.93. The zero-order chi connectivity index (χ0) is 5.82. The molecule has 40 valence electrons. The van der Waals surface area contributed by atoms with Crippen LogP contribution in [-0.2, 0) is 0 Å².